The van der Waals surface area contributed by atoms with E-state index in [1.165, 1.54) is 26.0 Å². The third-order valence-corrected chi connectivity index (χ3v) is 6.03. The molecule has 4 nitrogen and oxygen atoms in total. The summed E-state index contributed by atoms with van der Waals surface area (Å²) in [5.74, 6) is -6.03. The van der Waals surface area contributed by atoms with E-state index in [9.17, 15) is 38.6 Å². The van der Waals surface area contributed by atoms with Gasteiger partial charge in [-0.2, -0.15) is 21.0 Å². The van der Waals surface area contributed by atoms with Crippen molar-refractivity contribution in [3.63, 3.8) is 0 Å². The molecule has 0 aliphatic rings. The van der Waals surface area contributed by atoms with Crippen molar-refractivity contribution >= 4 is 6.08 Å². The summed E-state index contributed by atoms with van der Waals surface area (Å²) in [6.07, 6.45) is 3.25. The lowest BCUT2D eigenvalue weighted by molar-refractivity contribution is 0.386. The van der Waals surface area contributed by atoms with Crippen LogP contribution in [0, 0.1) is 68.6 Å². The van der Waals surface area contributed by atoms with Crippen molar-refractivity contribution in [1.82, 2.24) is 0 Å². The number of nitrogens with zero attached hydrogens (tertiary/aromatic N) is 4. The van der Waals surface area contributed by atoms with Gasteiger partial charge in [0, 0.05) is 16.7 Å². The highest BCUT2D eigenvalue weighted by atomic mass is 19.2. The maximum Gasteiger partial charge on any atom is 0.166 e. The lowest BCUT2D eigenvalue weighted by Gasteiger charge is -2.26. The average molecular weight is 505 g/mol. The SMILES string of the molecule is C=CCc1c(F)c(F)c(C(C)(C)C/C=C/c2c(C#N)c(C#N)c(C(C)(C)C)c(C#N)c2C#N)c(F)c1F. The molecule has 0 saturated carbocycles. The fraction of sp³-hybridized carbons (Fsp3) is 0.310. The van der Waals surface area contributed by atoms with E-state index in [1.807, 2.05) is 24.3 Å². The van der Waals surface area contributed by atoms with Crippen molar-refractivity contribution in [2.75, 3.05) is 0 Å². The first-order chi connectivity index (χ1) is 17.2. The first-order valence-corrected chi connectivity index (χ1v) is 11.2. The van der Waals surface area contributed by atoms with E-state index in [1.54, 1.807) is 20.8 Å². The van der Waals surface area contributed by atoms with Crippen LogP contribution < -0.4 is 0 Å². The highest BCUT2D eigenvalue weighted by molar-refractivity contribution is 5.76. The standard InChI is InChI=1S/C29H24F4N4/c1-7-9-17-24(30)26(32)23(27(33)25(17)31)29(5,6)11-8-10-16-18(12-34)20(14-36)22(28(2,3)4)21(15-37)19(16)13-35/h7-8,10H,1,9,11H2,2-6H3/b10-8+. The summed E-state index contributed by atoms with van der Waals surface area (Å²) >= 11 is 0. The van der Waals surface area contributed by atoms with Gasteiger partial charge < -0.3 is 0 Å². The third-order valence-electron chi connectivity index (χ3n) is 6.03. The summed E-state index contributed by atoms with van der Waals surface area (Å²) in [4.78, 5) is 0. The predicted octanol–water partition coefficient (Wildman–Crippen LogP) is 7.14. The molecule has 0 bridgehead atoms. The Morgan fingerprint density at radius 1 is 0.703 bits per heavy atom. The summed E-state index contributed by atoms with van der Waals surface area (Å²) in [5.41, 5.74) is -3.84. The van der Waals surface area contributed by atoms with Gasteiger partial charge >= 0.3 is 0 Å². The molecule has 0 aliphatic carbocycles. The zero-order valence-corrected chi connectivity index (χ0v) is 21.2. The molecule has 0 amide bonds. The monoisotopic (exact) mass is 504 g/mol. The maximum absolute atomic E-state index is 14.9. The molecule has 2 aromatic rings. The Labute approximate surface area is 214 Å². The van der Waals surface area contributed by atoms with Gasteiger partial charge in [0.05, 0.1) is 22.3 Å². The van der Waals surface area contributed by atoms with Gasteiger partial charge in [-0.1, -0.05) is 52.8 Å². The summed E-state index contributed by atoms with van der Waals surface area (Å²) < 4.78 is 58.8. The minimum atomic E-state index is -1.52. The van der Waals surface area contributed by atoms with Gasteiger partial charge in [0.2, 0.25) is 0 Å². The predicted molar refractivity (Wildman–Crippen MR) is 131 cm³/mol. The molecule has 0 atom stereocenters. The number of halogens is 4. The Morgan fingerprint density at radius 2 is 1.14 bits per heavy atom. The molecule has 37 heavy (non-hydrogen) atoms. The van der Waals surface area contributed by atoms with Crippen LogP contribution in [0.2, 0.25) is 0 Å². The minimum Gasteiger partial charge on any atom is -0.203 e. The van der Waals surface area contributed by atoms with Crippen LogP contribution in [0.1, 0.15) is 85.5 Å². The summed E-state index contributed by atoms with van der Waals surface area (Å²) in [6.45, 7) is 11.3. The molecule has 8 heteroatoms. The fourth-order valence-electron chi connectivity index (χ4n) is 4.31. The van der Waals surface area contributed by atoms with E-state index in [4.69, 9.17) is 0 Å². The lowest BCUT2D eigenvalue weighted by Crippen LogP contribution is -2.23. The second-order valence-corrected chi connectivity index (χ2v) is 10.1. The Kier molecular flexibility index (Phi) is 8.33. The van der Waals surface area contributed by atoms with E-state index >= 15 is 0 Å². The Morgan fingerprint density at radius 3 is 1.49 bits per heavy atom. The van der Waals surface area contributed by atoms with Crippen molar-refractivity contribution in [2.45, 2.75) is 58.3 Å². The van der Waals surface area contributed by atoms with Crippen LogP contribution in [0.4, 0.5) is 17.6 Å². The van der Waals surface area contributed by atoms with E-state index in [0.29, 0.717) is 0 Å². The number of nitriles is 4. The largest absolute Gasteiger partial charge is 0.203 e. The molecule has 188 valence electrons. The topological polar surface area (TPSA) is 95.2 Å². The quantitative estimate of drug-likeness (QED) is 0.237. The van der Waals surface area contributed by atoms with Crippen molar-refractivity contribution in [1.29, 1.82) is 21.0 Å². The Hall–Kier alpha value is -4.40. The number of benzene rings is 2. The highest BCUT2D eigenvalue weighted by Gasteiger charge is 2.34. The van der Waals surface area contributed by atoms with E-state index < -0.39 is 51.6 Å². The second kappa shape index (κ2) is 10.7. The van der Waals surface area contributed by atoms with E-state index in [-0.39, 0.29) is 39.8 Å². The van der Waals surface area contributed by atoms with Gasteiger partial charge in [-0.25, -0.2) is 17.6 Å². The van der Waals surface area contributed by atoms with Crippen LogP contribution in [0.3, 0.4) is 0 Å². The zero-order valence-electron chi connectivity index (χ0n) is 21.2. The number of hydrogen-bond acceptors (Lipinski definition) is 4. The van der Waals surface area contributed by atoms with Gasteiger partial charge in [0.1, 0.15) is 24.3 Å². The minimum absolute atomic E-state index is 0.00142. The lowest BCUT2D eigenvalue weighted by atomic mass is 9.76. The number of hydrogen-bond donors (Lipinski definition) is 0. The normalized spacial score (nSPS) is 11.5. The van der Waals surface area contributed by atoms with Crippen molar-refractivity contribution in [3.05, 3.63) is 86.5 Å². The van der Waals surface area contributed by atoms with Crippen molar-refractivity contribution < 1.29 is 17.6 Å². The number of allylic oxidation sites excluding steroid dienone is 2. The van der Waals surface area contributed by atoms with Crippen molar-refractivity contribution in [2.24, 2.45) is 0 Å². The average Bonchev–Trinajstić information content (AvgIpc) is 2.83. The molecule has 0 radical (unpaired) electrons. The van der Waals surface area contributed by atoms with Crippen LogP contribution >= 0.6 is 0 Å². The van der Waals surface area contributed by atoms with E-state index in [2.05, 4.69) is 6.58 Å². The molecule has 0 spiro atoms. The Balaban J connectivity index is 2.73. The summed E-state index contributed by atoms with van der Waals surface area (Å²) in [6, 6.07) is 7.76. The molecular weight excluding hydrogens is 480 g/mol. The molecule has 0 fully saturated rings. The van der Waals surface area contributed by atoms with Gasteiger partial charge in [0.15, 0.2) is 23.3 Å². The molecule has 0 N–H and O–H groups in total. The summed E-state index contributed by atoms with van der Waals surface area (Å²) in [7, 11) is 0. The van der Waals surface area contributed by atoms with Crippen LogP contribution in [0.25, 0.3) is 6.08 Å². The van der Waals surface area contributed by atoms with Crippen molar-refractivity contribution in [3.8, 4) is 24.3 Å². The van der Waals surface area contributed by atoms with Crippen LogP contribution in [-0.4, -0.2) is 0 Å². The molecule has 2 aromatic carbocycles. The van der Waals surface area contributed by atoms with Gasteiger partial charge in [-0.05, 0) is 29.2 Å². The van der Waals surface area contributed by atoms with Crippen LogP contribution in [-0.2, 0) is 17.3 Å². The first-order valence-electron chi connectivity index (χ1n) is 11.2. The molecular formula is C29H24F4N4. The first kappa shape index (κ1) is 28.8. The molecule has 0 saturated heterocycles. The Bertz CT molecular complexity index is 1400. The molecule has 0 aromatic heterocycles. The highest BCUT2D eigenvalue weighted by Crippen LogP contribution is 2.38. The molecule has 0 aliphatic heterocycles. The maximum atomic E-state index is 14.9. The zero-order chi connectivity index (χ0) is 28.3. The summed E-state index contributed by atoms with van der Waals surface area (Å²) in [5, 5.41) is 39.3. The van der Waals surface area contributed by atoms with Gasteiger partial charge in [0.25, 0.3) is 0 Å². The second-order valence-electron chi connectivity index (χ2n) is 10.1. The third kappa shape index (κ3) is 5.11. The smallest absolute Gasteiger partial charge is 0.166 e. The molecule has 0 heterocycles. The van der Waals surface area contributed by atoms with Crippen LogP contribution in [0.5, 0.6) is 0 Å². The number of rotatable bonds is 6. The fourth-order valence-corrected chi connectivity index (χ4v) is 4.31. The van der Waals surface area contributed by atoms with Gasteiger partial charge in [-0.15, -0.1) is 6.58 Å². The van der Waals surface area contributed by atoms with Gasteiger partial charge in [-0.3, -0.25) is 0 Å². The molecule has 2 rings (SSSR count). The van der Waals surface area contributed by atoms with Crippen LogP contribution in [0.15, 0.2) is 18.7 Å². The molecule has 0 unspecified atom stereocenters. The van der Waals surface area contributed by atoms with E-state index in [0.717, 1.165) is 6.08 Å².